The molecule has 0 aliphatic heterocycles. The molecule has 1 N–H and O–H groups in total. The lowest BCUT2D eigenvalue weighted by Crippen LogP contribution is -2.33. The summed E-state index contributed by atoms with van der Waals surface area (Å²) in [5.74, 6) is 0. The van der Waals surface area contributed by atoms with Crippen LogP contribution in [0.1, 0.15) is 37.0 Å². The second-order valence-corrected chi connectivity index (χ2v) is 6.65. The summed E-state index contributed by atoms with van der Waals surface area (Å²) in [7, 11) is -3.76. The minimum Gasteiger partial charge on any atom is -0.258 e. The number of hydrogen-bond donors (Lipinski definition) is 1. The Kier molecular flexibility index (Phi) is 4.88. The zero-order chi connectivity index (χ0) is 15.7. The molecular formula is C13H20N2O4S. The summed E-state index contributed by atoms with van der Waals surface area (Å²) in [6.45, 7) is 8.35. The normalized spacial score (nSPS) is 13.2. The standard InChI is InChI=1S/C13H20N2O4S/c1-6-10(4)14-20(18,19)13-9(3)7-8(2)12(11(13)5)15(16)17/h7,10,14H,6H2,1-5H3. The van der Waals surface area contributed by atoms with Gasteiger partial charge in [0.05, 0.1) is 9.82 Å². The Morgan fingerprint density at radius 2 is 1.85 bits per heavy atom. The van der Waals surface area contributed by atoms with Crippen LogP contribution in [0, 0.1) is 30.9 Å². The summed E-state index contributed by atoms with van der Waals surface area (Å²) in [5, 5.41) is 11.1. The van der Waals surface area contributed by atoms with Crippen LogP contribution in [0.15, 0.2) is 11.0 Å². The molecular weight excluding hydrogens is 280 g/mol. The van der Waals surface area contributed by atoms with E-state index in [4.69, 9.17) is 0 Å². The summed E-state index contributed by atoms with van der Waals surface area (Å²) in [6.07, 6.45) is 0.644. The predicted molar refractivity (Wildman–Crippen MR) is 77.4 cm³/mol. The van der Waals surface area contributed by atoms with Crippen LogP contribution in [-0.4, -0.2) is 19.4 Å². The average molecular weight is 300 g/mol. The van der Waals surface area contributed by atoms with Crippen molar-refractivity contribution in [3.8, 4) is 0 Å². The van der Waals surface area contributed by atoms with Gasteiger partial charge in [0.25, 0.3) is 5.69 Å². The van der Waals surface area contributed by atoms with Crippen LogP contribution in [0.25, 0.3) is 0 Å². The zero-order valence-corrected chi connectivity index (χ0v) is 13.2. The molecule has 1 unspecified atom stereocenters. The fourth-order valence-corrected chi connectivity index (χ4v) is 4.06. The maximum Gasteiger partial charge on any atom is 0.276 e. The van der Waals surface area contributed by atoms with Crippen LogP contribution < -0.4 is 4.72 Å². The minimum atomic E-state index is -3.76. The quantitative estimate of drug-likeness (QED) is 0.668. The van der Waals surface area contributed by atoms with Crippen LogP contribution in [0.3, 0.4) is 0 Å². The molecule has 1 aromatic carbocycles. The minimum absolute atomic E-state index is 0.00935. The highest BCUT2D eigenvalue weighted by Gasteiger charge is 2.28. The third kappa shape index (κ3) is 3.16. The largest absolute Gasteiger partial charge is 0.276 e. The molecule has 1 atom stereocenters. The van der Waals surface area contributed by atoms with Gasteiger partial charge in [-0.15, -0.1) is 0 Å². The second-order valence-electron chi connectivity index (χ2n) is 5.00. The molecule has 6 nitrogen and oxygen atoms in total. The van der Waals surface area contributed by atoms with Gasteiger partial charge in [-0.05, 0) is 45.7 Å². The van der Waals surface area contributed by atoms with Crippen molar-refractivity contribution in [3.05, 3.63) is 32.9 Å². The maximum absolute atomic E-state index is 12.4. The molecule has 0 amide bonds. The van der Waals surface area contributed by atoms with Crippen molar-refractivity contribution in [2.24, 2.45) is 0 Å². The van der Waals surface area contributed by atoms with E-state index in [0.717, 1.165) is 0 Å². The third-order valence-electron chi connectivity index (χ3n) is 3.28. The van der Waals surface area contributed by atoms with Crippen molar-refractivity contribution >= 4 is 15.7 Å². The molecule has 0 saturated carbocycles. The molecule has 0 radical (unpaired) electrons. The van der Waals surface area contributed by atoms with Crippen LogP contribution in [0.4, 0.5) is 5.69 Å². The Hall–Kier alpha value is -1.47. The van der Waals surface area contributed by atoms with Gasteiger partial charge in [-0.2, -0.15) is 0 Å². The van der Waals surface area contributed by atoms with E-state index in [9.17, 15) is 18.5 Å². The van der Waals surface area contributed by atoms with Crippen LogP contribution in [0.5, 0.6) is 0 Å². The van der Waals surface area contributed by atoms with Crippen molar-refractivity contribution < 1.29 is 13.3 Å². The van der Waals surface area contributed by atoms with Gasteiger partial charge < -0.3 is 0 Å². The number of nitrogens with zero attached hydrogens (tertiary/aromatic N) is 1. The smallest absolute Gasteiger partial charge is 0.258 e. The van der Waals surface area contributed by atoms with E-state index < -0.39 is 14.9 Å². The number of benzene rings is 1. The second kappa shape index (κ2) is 5.88. The summed E-state index contributed by atoms with van der Waals surface area (Å²) >= 11 is 0. The van der Waals surface area contributed by atoms with Crippen LogP contribution in [-0.2, 0) is 10.0 Å². The van der Waals surface area contributed by atoms with E-state index in [-0.39, 0.29) is 22.2 Å². The van der Waals surface area contributed by atoms with E-state index in [0.29, 0.717) is 17.5 Å². The lowest BCUT2D eigenvalue weighted by molar-refractivity contribution is -0.386. The third-order valence-corrected chi connectivity index (χ3v) is 5.16. The van der Waals surface area contributed by atoms with Crippen LogP contribution >= 0.6 is 0 Å². The van der Waals surface area contributed by atoms with Crippen LogP contribution in [0.2, 0.25) is 0 Å². The SMILES string of the molecule is CCC(C)NS(=O)(=O)c1c(C)cc(C)c([N+](=O)[O-])c1C. The molecule has 20 heavy (non-hydrogen) atoms. The molecule has 0 fully saturated rings. The Labute approximate surface area is 119 Å². The van der Waals surface area contributed by atoms with Crippen molar-refractivity contribution in [2.75, 3.05) is 0 Å². The highest BCUT2D eigenvalue weighted by Crippen LogP contribution is 2.31. The first-order valence-electron chi connectivity index (χ1n) is 6.39. The molecule has 0 aliphatic carbocycles. The number of rotatable bonds is 5. The molecule has 0 saturated heterocycles. The Bertz CT molecular complexity index is 638. The summed E-state index contributed by atoms with van der Waals surface area (Å²) in [5.41, 5.74) is 1.03. The van der Waals surface area contributed by atoms with Gasteiger partial charge in [0.1, 0.15) is 0 Å². The van der Waals surface area contributed by atoms with Crippen molar-refractivity contribution in [1.82, 2.24) is 4.72 Å². The highest BCUT2D eigenvalue weighted by molar-refractivity contribution is 7.89. The van der Waals surface area contributed by atoms with E-state index in [1.54, 1.807) is 20.8 Å². The van der Waals surface area contributed by atoms with Gasteiger partial charge in [0.15, 0.2) is 0 Å². The van der Waals surface area contributed by atoms with Crippen molar-refractivity contribution in [3.63, 3.8) is 0 Å². The Morgan fingerprint density at radius 1 is 1.30 bits per heavy atom. The molecule has 0 spiro atoms. The highest BCUT2D eigenvalue weighted by atomic mass is 32.2. The average Bonchev–Trinajstić information content (AvgIpc) is 2.25. The van der Waals surface area contributed by atoms with Gasteiger partial charge in [-0.1, -0.05) is 6.92 Å². The summed E-state index contributed by atoms with van der Waals surface area (Å²) in [6, 6.07) is 1.32. The number of hydrogen-bond acceptors (Lipinski definition) is 4. The first-order valence-corrected chi connectivity index (χ1v) is 7.87. The molecule has 0 aliphatic rings. The zero-order valence-electron chi connectivity index (χ0n) is 12.4. The lowest BCUT2D eigenvalue weighted by Gasteiger charge is -2.16. The number of nitrogens with one attached hydrogen (secondary N) is 1. The predicted octanol–water partition coefficient (Wildman–Crippen LogP) is 2.60. The van der Waals surface area contributed by atoms with E-state index in [2.05, 4.69) is 4.72 Å². The molecule has 0 heterocycles. The first kappa shape index (κ1) is 16.6. The number of aryl methyl sites for hydroxylation is 2. The summed E-state index contributed by atoms with van der Waals surface area (Å²) in [4.78, 5) is 10.6. The Morgan fingerprint density at radius 3 is 2.30 bits per heavy atom. The molecule has 7 heteroatoms. The van der Waals surface area contributed by atoms with E-state index in [1.807, 2.05) is 6.92 Å². The molecule has 1 aromatic rings. The summed E-state index contributed by atoms with van der Waals surface area (Å²) < 4.78 is 27.3. The first-order chi connectivity index (χ1) is 9.11. The van der Waals surface area contributed by atoms with Crippen molar-refractivity contribution in [2.45, 2.75) is 52.0 Å². The van der Waals surface area contributed by atoms with Gasteiger partial charge in [-0.25, -0.2) is 13.1 Å². The number of nitro benzene ring substituents is 1. The molecule has 0 aromatic heterocycles. The Balaban J connectivity index is 3.53. The van der Waals surface area contributed by atoms with Gasteiger partial charge in [-0.3, -0.25) is 10.1 Å². The number of sulfonamides is 1. The van der Waals surface area contributed by atoms with Gasteiger partial charge in [0.2, 0.25) is 10.0 Å². The molecule has 1 rings (SSSR count). The van der Waals surface area contributed by atoms with Gasteiger partial charge >= 0.3 is 0 Å². The lowest BCUT2D eigenvalue weighted by atomic mass is 10.1. The fraction of sp³-hybridized carbons (Fsp3) is 0.538. The van der Waals surface area contributed by atoms with E-state index >= 15 is 0 Å². The molecule has 112 valence electrons. The van der Waals surface area contributed by atoms with Gasteiger partial charge in [0, 0.05) is 17.2 Å². The monoisotopic (exact) mass is 300 g/mol. The van der Waals surface area contributed by atoms with E-state index in [1.165, 1.54) is 13.0 Å². The fourth-order valence-electron chi connectivity index (χ4n) is 2.26. The number of nitro groups is 1. The topological polar surface area (TPSA) is 89.3 Å². The molecule has 0 bridgehead atoms. The van der Waals surface area contributed by atoms with Crippen molar-refractivity contribution in [1.29, 1.82) is 0 Å². The maximum atomic E-state index is 12.4.